The third-order valence-electron chi connectivity index (χ3n) is 4.80. The number of nitrogens with one attached hydrogen (secondary N) is 2. The summed E-state index contributed by atoms with van der Waals surface area (Å²) >= 11 is 0. The minimum Gasteiger partial charge on any atom is -0.494 e. The van der Waals surface area contributed by atoms with Gasteiger partial charge in [0.2, 0.25) is 0 Å². The summed E-state index contributed by atoms with van der Waals surface area (Å²) in [6.45, 7) is 6.56. The molecule has 3 aromatic rings. The lowest BCUT2D eigenvalue weighted by Crippen LogP contribution is -2.18. The van der Waals surface area contributed by atoms with Gasteiger partial charge in [-0.2, -0.15) is 0 Å². The molecule has 0 radical (unpaired) electrons. The quantitative estimate of drug-likeness (QED) is 0.418. The second-order valence-corrected chi connectivity index (χ2v) is 9.34. The van der Waals surface area contributed by atoms with Crippen molar-refractivity contribution in [2.75, 3.05) is 16.6 Å². The van der Waals surface area contributed by atoms with Crippen molar-refractivity contribution >= 4 is 27.3 Å². The van der Waals surface area contributed by atoms with Crippen LogP contribution in [0.1, 0.15) is 41.3 Å². The van der Waals surface area contributed by atoms with Gasteiger partial charge in [-0.15, -0.1) is 0 Å². The predicted octanol–water partition coefficient (Wildman–Crippen LogP) is 5.54. The molecule has 3 rings (SSSR count). The van der Waals surface area contributed by atoms with Gasteiger partial charge in [0.1, 0.15) is 5.75 Å². The van der Waals surface area contributed by atoms with Crippen molar-refractivity contribution in [1.29, 1.82) is 0 Å². The minimum absolute atomic E-state index is 0.0878. The van der Waals surface area contributed by atoms with Crippen molar-refractivity contribution in [2.24, 2.45) is 0 Å². The van der Waals surface area contributed by atoms with Crippen LogP contribution >= 0.6 is 0 Å². The molecule has 168 valence electrons. The van der Waals surface area contributed by atoms with Gasteiger partial charge in [0, 0.05) is 5.69 Å². The number of aryl methyl sites for hydroxylation is 2. The topological polar surface area (TPSA) is 84.5 Å². The Morgan fingerprint density at radius 2 is 1.59 bits per heavy atom. The first-order valence-corrected chi connectivity index (χ1v) is 12.0. The number of hydrogen-bond donors (Lipinski definition) is 2. The molecule has 0 atom stereocenters. The number of ether oxygens (including phenoxy) is 1. The number of rotatable bonds is 9. The molecule has 0 fully saturated rings. The first kappa shape index (κ1) is 23.3. The summed E-state index contributed by atoms with van der Waals surface area (Å²) in [5.41, 5.74) is 3.14. The predicted molar refractivity (Wildman–Crippen MR) is 128 cm³/mol. The van der Waals surface area contributed by atoms with Gasteiger partial charge in [-0.3, -0.25) is 9.52 Å². The highest BCUT2D eigenvalue weighted by atomic mass is 32.2. The number of anilines is 2. The summed E-state index contributed by atoms with van der Waals surface area (Å²) in [7, 11) is -3.88. The van der Waals surface area contributed by atoms with Crippen LogP contribution in [-0.2, 0) is 10.0 Å². The zero-order valence-corrected chi connectivity index (χ0v) is 19.3. The van der Waals surface area contributed by atoms with E-state index in [2.05, 4.69) is 17.0 Å². The molecule has 0 aliphatic carbocycles. The minimum atomic E-state index is -3.88. The van der Waals surface area contributed by atoms with E-state index in [-0.39, 0.29) is 16.1 Å². The third-order valence-corrected chi connectivity index (χ3v) is 6.18. The SMILES string of the molecule is CCCCOc1ccc(S(=O)(=O)Nc2ccccc2C(=O)Nc2cc(C)cc(C)c2)cc1. The highest BCUT2D eigenvalue weighted by Gasteiger charge is 2.19. The van der Waals surface area contributed by atoms with E-state index in [1.54, 1.807) is 36.4 Å². The van der Waals surface area contributed by atoms with Crippen molar-refractivity contribution in [3.8, 4) is 5.75 Å². The van der Waals surface area contributed by atoms with Crippen LogP contribution in [0.15, 0.2) is 71.6 Å². The van der Waals surface area contributed by atoms with Gasteiger partial charge in [-0.25, -0.2) is 8.42 Å². The molecule has 6 nitrogen and oxygen atoms in total. The second-order valence-electron chi connectivity index (χ2n) is 7.66. The van der Waals surface area contributed by atoms with E-state index in [1.165, 1.54) is 12.1 Å². The van der Waals surface area contributed by atoms with Gasteiger partial charge in [0.25, 0.3) is 15.9 Å². The fourth-order valence-electron chi connectivity index (χ4n) is 3.27. The highest BCUT2D eigenvalue weighted by Crippen LogP contribution is 2.23. The number of carbonyl (C=O) groups excluding carboxylic acids is 1. The van der Waals surface area contributed by atoms with Crippen LogP contribution in [0, 0.1) is 13.8 Å². The van der Waals surface area contributed by atoms with Crippen molar-refractivity contribution in [3.05, 3.63) is 83.4 Å². The van der Waals surface area contributed by atoms with Gasteiger partial charge >= 0.3 is 0 Å². The molecule has 1 amide bonds. The van der Waals surface area contributed by atoms with E-state index >= 15 is 0 Å². The molecule has 0 saturated carbocycles. The zero-order valence-electron chi connectivity index (χ0n) is 18.5. The molecular weight excluding hydrogens is 424 g/mol. The molecule has 0 aliphatic heterocycles. The zero-order chi connectivity index (χ0) is 23.1. The Morgan fingerprint density at radius 1 is 0.938 bits per heavy atom. The maximum atomic E-state index is 12.9. The monoisotopic (exact) mass is 452 g/mol. The summed E-state index contributed by atoms with van der Waals surface area (Å²) < 4.78 is 33.9. The molecule has 0 bridgehead atoms. The van der Waals surface area contributed by atoms with Crippen LogP contribution in [-0.4, -0.2) is 20.9 Å². The lowest BCUT2D eigenvalue weighted by molar-refractivity contribution is 0.102. The number of para-hydroxylation sites is 1. The van der Waals surface area contributed by atoms with Crippen LogP contribution in [0.3, 0.4) is 0 Å². The van der Waals surface area contributed by atoms with Crippen LogP contribution < -0.4 is 14.8 Å². The normalized spacial score (nSPS) is 11.1. The van der Waals surface area contributed by atoms with E-state index < -0.39 is 15.9 Å². The third kappa shape index (κ3) is 6.11. The lowest BCUT2D eigenvalue weighted by atomic mass is 10.1. The number of benzene rings is 3. The van der Waals surface area contributed by atoms with Crippen LogP contribution in [0.5, 0.6) is 5.75 Å². The average Bonchev–Trinajstić information content (AvgIpc) is 2.73. The van der Waals surface area contributed by atoms with Gasteiger partial charge in [-0.05, 0) is 79.9 Å². The van der Waals surface area contributed by atoms with Crippen LogP contribution in [0.4, 0.5) is 11.4 Å². The molecule has 0 saturated heterocycles. The molecule has 3 aromatic carbocycles. The molecule has 2 N–H and O–H groups in total. The fourth-order valence-corrected chi connectivity index (χ4v) is 4.35. The highest BCUT2D eigenvalue weighted by molar-refractivity contribution is 7.92. The Kier molecular flexibility index (Phi) is 7.53. The fraction of sp³-hybridized carbons (Fsp3) is 0.240. The number of sulfonamides is 1. The Bertz CT molecular complexity index is 1170. The largest absolute Gasteiger partial charge is 0.494 e. The average molecular weight is 453 g/mol. The lowest BCUT2D eigenvalue weighted by Gasteiger charge is -2.14. The Labute approximate surface area is 189 Å². The summed E-state index contributed by atoms with van der Waals surface area (Å²) in [4.78, 5) is 13.0. The smallest absolute Gasteiger partial charge is 0.261 e. The second kappa shape index (κ2) is 10.3. The van der Waals surface area contributed by atoms with Crippen molar-refractivity contribution in [1.82, 2.24) is 0 Å². The molecule has 0 aromatic heterocycles. The first-order chi connectivity index (χ1) is 15.3. The molecule has 7 heteroatoms. The van der Waals surface area contributed by atoms with E-state index in [0.717, 1.165) is 24.0 Å². The van der Waals surface area contributed by atoms with Crippen molar-refractivity contribution in [2.45, 2.75) is 38.5 Å². The Morgan fingerprint density at radius 3 is 2.25 bits per heavy atom. The van der Waals surface area contributed by atoms with E-state index in [4.69, 9.17) is 4.74 Å². The molecule has 0 spiro atoms. The van der Waals surface area contributed by atoms with E-state index in [9.17, 15) is 13.2 Å². The number of amides is 1. The number of unbranched alkanes of at least 4 members (excludes halogenated alkanes) is 1. The Balaban J connectivity index is 1.78. The maximum Gasteiger partial charge on any atom is 0.261 e. The van der Waals surface area contributed by atoms with Crippen LogP contribution in [0.2, 0.25) is 0 Å². The first-order valence-electron chi connectivity index (χ1n) is 10.5. The molecular formula is C25H28N2O4S. The summed E-state index contributed by atoms with van der Waals surface area (Å²) in [6.07, 6.45) is 1.95. The molecule has 32 heavy (non-hydrogen) atoms. The van der Waals surface area contributed by atoms with E-state index in [0.29, 0.717) is 18.0 Å². The number of hydrogen-bond acceptors (Lipinski definition) is 4. The summed E-state index contributed by atoms with van der Waals surface area (Å²) in [5.74, 6) is 0.221. The Hall–Kier alpha value is -3.32. The summed E-state index contributed by atoms with van der Waals surface area (Å²) in [6, 6.07) is 18.5. The summed E-state index contributed by atoms with van der Waals surface area (Å²) in [5, 5.41) is 2.85. The van der Waals surface area contributed by atoms with E-state index in [1.807, 2.05) is 32.0 Å². The standard InChI is InChI=1S/C25H28N2O4S/c1-4-5-14-31-21-10-12-22(13-11-21)32(29,30)27-24-9-7-6-8-23(24)25(28)26-20-16-18(2)15-19(3)17-20/h6-13,15-17,27H,4-5,14H2,1-3H3,(H,26,28). The van der Waals surface area contributed by atoms with Gasteiger partial charge in [0.15, 0.2) is 0 Å². The van der Waals surface area contributed by atoms with Gasteiger partial charge in [0.05, 0.1) is 22.8 Å². The molecule has 0 aliphatic rings. The maximum absolute atomic E-state index is 12.9. The number of carbonyl (C=O) groups is 1. The van der Waals surface area contributed by atoms with Gasteiger partial charge in [-0.1, -0.05) is 31.5 Å². The van der Waals surface area contributed by atoms with Crippen LogP contribution in [0.25, 0.3) is 0 Å². The van der Waals surface area contributed by atoms with Crippen molar-refractivity contribution < 1.29 is 17.9 Å². The van der Waals surface area contributed by atoms with Crippen molar-refractivity contribution in [3.63, 3.8) is 0 Å². The van der Waals surface area contributed by atoms with Gasteiger partial charge < -0.3 is 10.1 Å². The molecule has 0 heterocycles. The molecule has 0 unspecified atom stereocenters.